The first-order valence-corrected chi connectivity index (χ1v) is 10.2. The smallest absolute Gasteiger partial charge is 0.240 e. The molecule has 6 heteroatoms. The maximum absolute atomic E-state index is 12.6. The van der Waals surface area contributed by atoms with Gasteiger partial charge in [0.15, 0.2) is 0 Å². The third-order valence-corrected chi connectivity index (χ3v) is 5.97. The van der Waals surface area contributed by atoms with Gasteiger partial charge in [-0.3, -0.25) is 0 Å². The zero-order valence-corrected chi connectivity index (χ0v) is 17.0. The molecule has 0 heterocycles. The summed E-state index contributed by atoms with van der Waals surface area (Å²) < 4.78 is 27.9. The number of anilines is 1. The largest absolute Gasteiger partial charge is 0.378 e. The lowest BCUT2D eigenvalue weighted by Crippen LogP contribution is -2.34. The molecule has 1 atom stereocenters. The highest BCUT2D eigenvalue weighted by molar-refractivity contribution is 7.89. The highest BCUT2D eigenvalue weighted by atomic mass is 32.2. The first-order valence-electron chi connectivity index (χ1n) is 8.77. The number of nitrogens with one attached hydrogen (secondary N) is 1. The van der Waals surface area contributed by atoms with Crippen molar-refractivity contribution in [2.75, 3.05) is 39.6 Å². The van der Waals surface area contributed by atoms with E-state index in [-0.39, 0.29) is 6.04 Å². The molecule has 0 aliphatic heterocycles. The average Bonchev–Trinajstić information content (AvgIpc) is 2.62. The molecule has 1 N–H and O–H groups in total. The topological polar surface area (TPSA) is 52.7 Å². The Hall–Kier alpha value is -1.89. The number of nitrogens with zero attached hydrogens (tertiary/aromatic N) is 2. The van der Waals surface area contributed by atoms with Gasteiger partial charge in [-0.15, -0.1) is 0 Å². The normalized spacial score (nSPS) is 13.0. The van der Waals surface area contributed by atoms with Crippen LogP contribution in [0, 0.1) is 0 Å². The van der Waals surface area contributed by atoms with E-state index in [9.17, 15) is 8.42 Å². The van der Waals surface area contributed by atoms with Gasteiger partial charge in [-0.2, -0.15) is 0 Å². The number of aryl methyl sites for hydroxylation is 1. The van der Waals surface area contributed by atoms with Crippen molar-refractivity contribution in [1.29, 1.82) is 0 Å². The van der Waals surface area contributed by atoms with Crippen LogP contribution in [-0.2, 0) is 16.4 Å². The molecule has 0 aromatic heterocycles. The van der Waals surface area contributed by atoms with Crippen LogP contribution in [0.3, 0.4) is 0 Å². The highest BCUT2D eigenvalue weighted by Crippen LogP contribution is 2.22. The van der Waals surface area contributed by atoms with Gasteiger partial charge in [0.25, 0.3) is 0 Å². The summed E-state index contributed by atoms with van der Waals surface area (Å²) in [5.41, 5.74) is 3.31. The van der Waals surface area contributed by atoms with Crippen LogP contribution in [0.2, 0.25) is 0 Å². The number of hydrogen-bond donors (Lipinski definition) is 1. The second-order valence-corrected chi connectivity index (χ2v) is 8.58. The Labute approximate surface area is 157 Å². The maximum atomic E-state index is 12.6. The molecular weight excluding hydrogens is 346 g/mol. The van der Waals surface area contributed by atoms with Crippen LogP contribution in [0.15, 0.2) is 53.4 Å². The highest BCUT2D eigenvalue weighted by Gasteiger charge is 2.19. The Morgan fingerprint density at radius 1 is 0.923 bits per heavy atom. The van der Waals surface area contributed by atoms with Crippen LogP contribution >= 0.6 is 0 Å². The standard InChI is InChI=1S/C20H29N3O2S/c1-6-16-7-13-19(14-8-16)26(24,25)21-15-20(23(4)5)17-9-11-18(12-10-17)22(2)3/h7-14,20-21H,6,15H2,1-5H3/t20-/m0/s1. The Bertz CT molecular complexity index is 798. The first-order chi connectivity index (χ1) is 12.2. The number of sulfonamides is 1. The third-order valence-electron chi connectivity index (χ3n) is 4.53. The second-order valence-electron chi connectivity index (χ2n) is 6.81. The monoisotopic (exact) mass is 375 g/mol. The van der Waals surface area contributed by atoms with E-state index in [1.807, 2.05) is 81.3 Å². The van der Waals surface area contributed by atoms with E-state index in [1.54, 1.807) is 12.1 Å². The molecule has 0 amide bonds. The Morgan fingerprint density at radius 2 is 1.50 bits per heavy atom. The van der Waals surface area contributed by atoms with Gasteiger partial charge in [-0.05, 0) is 55.9 Å². The predicted molar refractivity (Wildman–Crippen MR) is 108 cm³/mol. The van der Waals surface area contributed by atoms with Crippen LogP contribution in [-0.4, -0.2) is 48.1 Å². The summed E-state index contributed by atoms with van der Waals surface area (Å²) in [6.45, 7) is 2.36. The average molecular weight is 376 g/mol. The number of benzene rings is 2. The molecule has 0 fully saturated rings. The molecule has 0 bridgehead atoms. The van der Waals surface area contributed by atoms with E-state index in [0.29, 0.717) is 11.4 Å². The number of likely N-dealkylation sites (N-methyl/N-ethyl adjacent to an activating group) is 1. The van der Waals surface area contributed by atoms with Gasteiger partial charge in [-0.25, -0.2) is 13.1 Å². The van der Waals surface area contributed by atoms with Gasteiger partial charge >= 0.3 is 0 Å². The molecule has 5 nitrogen and oxygen atoms in total. The Morgan fingerprint density at radius 3 is 1.96 bits per heavy atom. The molecule has 0 saturated heterocycles. The molecule has 0 spiro atoms. The van der Waals surface area contributed by atoms with E-state index in [2.05, 4.69) is 4.72 Å². The van der Waals surface area contributed by atoms with Crippen molar-refractivity contribution in [3.8, 4) is 0 Å². The van der Waals surface area contributed by atoms with Crippen LogP contribution < -0.4 is 9.62 Å². The molecule has 142 valence electrons. The van der Waals surface area contributed by atoms with Crippen molar-refractivity contribution < 1.29 is 8.42 Å². The van der Waals surface area contributed by atoms with Crippen molar-refractivity contribution in [2.24, 2.45) is 0 Å². The van der Waals surface area contributed by atoms with Gasteiger partial charge in [0.1, 0.15) is 0 Å². The molecule has 0 saturated carbocycles. The van der Waals surface area contributed by atoms with Crippen molar-refractivity contribution in [3.05, 3.63) is 59.7 Å². The molecule has 0 radical (unpaired) electrons. The number of rotatable bonds is 8. The fourth-order valence-corrected chi connectivity index (χ4v) is 3.81. The quantitative estimate of drug-likeness (QED) is 0.771. The molecule has 0 aliphatic rings. The van der Waals surface area contributed by atoms with Gasteiger partial charge in [0.2, 0.25) is 10.0 Å². The van der Waals surface area contributed by atoms with Crippen LogP contribution in [0.1, 0.15) is 24.1 Å². The fourth-order valence-electron chi connectivity index (χ4n) is 2.77. The first kappa shape index (κ1) is 20.4. The summed E-state index contributed by atoms with van der Waals surface area (Å²) in [6.07, 6.45) is 0.888. The SMILES string of the molecule is CCc1ccc(S(=O)(=O)NC[C@@H](c2ccc(N(C)C)cc2)N(C)C)cc1. The van der Waals surface area contributed by atoms with Gasteiger partial charge in [0, 0.05) is 32.4 Å². The second kappa shape index (κ2) is 8.66. The molecule has 26 heavy (non-hydrogen) atoms. The van der Waals surface area contributed by atoms with Crippen molar-refractivity contribution in [1.82, 2.24) is 9.62 Å². The Balaban J connectivity index is 2.14. The molecule has 2 rings (SSSR count). The van der Waals surface area contributed by atoms with Crippen molar-refractivity contribution in [3.63, 3.8) is 0 Å². The van der Waals surface area contributed by atoms with Crippen molar-refractivity contribution >= 4 is 15.7 Å². The summed E-state index contributed by atoms with van der Waals surface area (Å²) in [7, 11) is 4.37. The molecule has 0 aliphatic carbocycles. The van der Waals surface area contributed by atoms with Gasteiger partial charge in [-0.1, -0.05) is 31.2 Å². The molecule has 0 unspecified atom stereocenters. The summed E-state index contributed by atoms with van der Waals surface area (Å²) in [6, 6.07) is 15.2. The van der Waals surface area contributed by atoms with Crippen LogP contribution in [0.25, 0.3) is 0 Å². The van der Waals surface area contributed by atoms with E-state index in [0.717, 1.165) is 23.2 Å². The summed E-state index contributed by atoms with van der Waals surface area (Å²) in [5, 5.41) is 0. The van der Waals surface area contributed by atoms with Crippen molar-refractivity contribution in [2.45, 2.75) is 24.3 Å². The summed E-state index contributed by atoms with van der Waals surface area (Å²) in [5.74, 6) is 0. The van der Waals surface area contributed by atoms with Gasteiger partial charge in [0.05, 0.1) is 4.90 Å². The van der Waals surface area contributed by atoms with E-state index in [1.165, 1.54) is 0 Å². The fraction of sp³-hybridized carbons (Fsp3) is 0.400. The van der Waals surface area contributed by atoms with Crippen LogP contribution in [0.5, 0.6) is 0 Å². The van der Waals surface area contributed by atoms with E-state index < -0.39 is 10.0 Å². The minimum atomic E-state index is -3.53. The summed E-state index contributed by atoms with van der Waals surface area (Å²) in [4.78, 5) is 4.36. The lowest BCUT2D eigenvalue weighted by Gasteiger charge is -2.25. The van der Waals surface area contributed by atoms with Crippen LogP contribution in [0.4, 0.5) is 5.69 Å². The Kier molecular flexibility index (Phi) is 6.81. The molecule has 2 aromatic carbocycles. The third kappa shape index (κ3) is 5.06. The summed E-state index contributed by atoms with van der Waals surface area (Å²) >= 11 is 0. The zero-order chi connectivity index (χ0) is 19.3. The minimum Gasteiger partial charge on any atom is -0.378 e. The van der Waals surface area contributed by atoms with E-state index >= 15 is 0 Å². The predicted octanol–water partition coefficient (Wildman–Crippen LogP) is 2.90. The maximum Gasteiger partial charge on any atom is 0.240 e. The molecular formula is C20H29N3O2S. The lowest BCUT2D eigenvalue weighted by atomic mass is 10.1. The zero-order valence-electron chi connectivity index (χ0n) is 16.2. The minimum absolute atomic E-state index is 0.0455. The number of hydrogen-bond acceptors (Lipinski definition) is 4. The van der Waals surface area contributed by atoms with Gasteiger partial charge < -0.3 is 9.80 Å². The molecule has 2 aromatic rings. The van der Waals surface area contributed by atoms with E-state index in [4.69, 9.17) is 0 Å². The lowest BCUT2D eigenvalue weighted by molar-refractivity contribution is 0.299.